The van der Waals surface area contributed by atoms with Gasteiger partial charge in [-0.2, -0.15) is 0 Å². The smallest absolute Gasteiger partial charge is 0.131 e. The van der Waals surface area contributed by atoms with Gasteiger partial charge in [0.25, 0.3) is 0 Å². The van der Waals surface area contributed by atoms with Gasteiger partial charge in [-0.15, -0.1) is 0 Å². The number of ether oxygens (including phenoxy) is 2. The third-order valence-corrected chi connectivity index (χ3v) is 7.60. The molecule has 182 valence electrons. The van der Waals surface area contributed by atoms with Gasteiger partial charge in [-0.1, -0.05) is 58.0 Å². The Hall–Kier alpha value is -3.88. The first-order chi connectivity index (χ1) is 17.6. The fraction of sp³-hybridized carbons (Fsp3) is 0.0714. The second-order valence-corrected chi connectivity index (χ2v) is 9.62. The van der Waals surface area contributed by atoms with Crippen molar-refractivity contribution >= 4 is 45.4 Å². The summed E-state index contributed by atoms with van der Waals surface area (Å²) in [5, 5.41) is 20.4. The van der Waals surface area contributed by atoms with Crippen molar-refractivity contribution in [2.45, 2.75) is 9.79 Å². The molecule has 0 atom stereocenters. The lowest BCUT2D eigenvalue weighted by Gasteiger charge is -2.09. The number of aromatic hydroxyl groups is 2. The molecule has 0 saturated carbocycles. The van der Waals surface area contributed by atoms with Crippen LogP contribution in [0.5, 0.6) is 23.0 Å². The van der Waals surface area contributed by atoms with Gasteiger partial charge < -0.3 is 19.7 Å². The van der Waals surface area contributed by atoms with Crippen LogP contribution in [0.2, 0.25) is 0 Å². The third kappa shape index (κ3) is 6.02. The van der Waals surface area contributed by atoms with E-state index in [0.717, 1.165) is 21.2 Å². The summed E-state index contributed by atoms with van der Waals surface area (Å²) >= 11 is 0. The molecule has 36 heavy (non-hydrogen) atoms. The van der Waals surface area contributed by atoms with E-state index in [9.17, 15) is 10.2 Å². The molecule has 0 spiro atoms. The van der Waals surface area contributed by atoms with E-state index in [2.05, 4.69) is 9.98 Å². The molecule has 6 nitrogen and oxygen atoms in total. The molecule has 0 aromatic heterocycles. The van der Waals surface area contributed by atoms with Crippen LogP contribution in [0.15, 0.2) is 105 Å². The Morgan fingerprint density at radius 1 is 0.583 bits per heavy atom. The Bertz CT molecular complexity index is 1300. The van der Waals surface area contributed by atoms with Gasteiger partial charge in [0, 0.05) is 22.2 Å². The predicted molar refractivity (Wildman–Crippen MR) is 148 cm³/mol. The molecular weight excluding hydrogens is 492 g/mol. The molecule has 4 aromatic rings. The maximum absolute atomic E-state index is 10.2. The maximum Gasteiger partial charge on any atom is 0.131 e. The van der Waals surface area contributed by atoms with Crippen LogP contribution in [0.1, 0.15) is 11.1 Å². The minimum absolute atomic E-state index is 0.102. The van der Waals surface area contributed by atoms with Gasteiger partial charge in [0.05, 0.1) is 36.7 Å². The van der Waals surface area contributed by atoms with Gasteiger partial charge >= 0.3 is 0 Å². The number of phenolic OH excluding ortho intramolecular Hbond substituents is 2. The average molecular weight is 517 g/mol. The number of benzene rings is 4. The zero-order valence-electron chi connectivity index (χ0n) is 19.7. The van der Waals surface area contributed by atoms with Crippen LogP contribution < -0.4 is 9.47 Å². The molecule has 0 bridgehead atoms. The fourth-order valence-electron chi connectivity index (χ4n) is 3.31. The molecule has 0 radical (unpaired) electrons. The van der Waals surface area contributed by atoms with Crippen LogP contribution >= 0.6 is 21.6 Å². The number of phenols is 2. The molecular formula is C28H24N2O4S2. The van der Waals surface area contributed by atoms with Crippen LogP contribution in [-0.2, 0) is 0 Å². The highest BCUT2D eigenvalue weighted by Gasteiger charge is 2.10. The van der Waals surface area contributed by atoms with Crippen molar-refractivity contribution in [1.82, 2.24) is 0 Å². The summed E-state index contributed by atoms with van der Waals surface area (Å²) in [5.41, 5.74) is 2.57. The summed E-state index contributed by atoms with van der Waals surface area (Å²) < 4.78 is 10.7. The zero-order chi connectivity index (χ0) is 25.3. The fourth-order valence-corrected chi connectivity index (χ4v) is 5.55. The minimum atomic E-state index is 0.102. The van der Waals surface area contributed by atoms with Gasteiger partial charge in [0.15, 0.2) is 0 Å². The Labute approximate surface area is 217 Å². The molecule has 2 N–H and O–H groups in total. The van der Waals surface area contributed by atoms with Gasteiger partial charge in [-0.05, 0) is 48.5 Å². The Kier molecular flexibility index (Phi) is 8.54. The van der Waals surface area contributed by atoms with Crippen molar-refractivity contribution in [2.24, 2.45) is 9.98 Å². The number of methoxy groups -OCH3 is 2. The van der Waals surface area contributed by atoms with Crippen molar-refractivity contribution < 1.29 is 19.7 Å². The molecule has 0 aliphatic carbocycles. The van der Waals surface area contributed by atoms with Gasteiger partial charge in [-0.25, -0.2) is 0 Å². The Morgan fingerprint density at radius 3 is 1.42 bits per heavy atom. The molecule has 0 aliphatic rings. The molecule has 4 aromatic carbocycles. The normalized spacial score (nSPS) is 11.3. The number of hydrogen-bond donors (Lipinski definition) is 2. The molecule has 0 heterocycles. The summed E-state index contributed by atoms with van der Waals surface area (Å²) in [6.45, 7) is 0. The quantitative estimate of drug-likeness (QED) is 0.178. The number of para-hydroxylation sites is 2. The van der Waals surface area contributed by atoms with Crippen LogP contribution in [0, 0.1) is 0 Å². The van der Waals surface area contributed by atoms with Gasteiger partial charge in [0.1, 0.15) is 23.0 Å². The van der Waals surface area contributed by atoms with Crippen molar-refractivity contribution in [2.75, 3.05) is 14.2 Å². The van der Waals surface area contributed by atoms with E-state index in [-0.39, 0.29) is 11.5 Å². The van der Waals surface area contributed by atoms with Crippen LogP contribution in [0.25, 0.3) is 0 Å². The van der Waals surface area contributed by atoms with Gasteiger partial charge in [-0.3, -0.25) is 9.98 Å². The molecule has 8 heteroatoms. The van der Waals surface area contributed by atoms with Crippen molar-refractivity contribution in [1.29, 1.82) is 0 Å². The molecule has 0 aliphatic heterocycles. The second kappa shape index (κ2) is 12.2. The Morgan fingerprint density at radius 2 is 1.00 bits per heavy atom. The number of aliphatic imine (C=N–C) groups is 2. The highest BCUT2D eigenvalue weighted by atomic mass is 33.1. The summed E-state index contributed by atoms with van der Waals surface area (Å²) in [4.78, 5) is 11.1. The van der Waals surface area contributed by atoms with Crippen LogP contribution in [-0.4, -0.2) is 36.9 Å². The van der Waals surface area contributed by atoms with Gasteiger partial charge in [0.2, 0.25) is 0 Å². The monoisotopic (exact) mass is 516 g/mol. The Balaban J connectivity index is 1.55. The molecule has 0 amide bonds. The first-order valence-corrected chi connectivity index (χ1v) is 13.1. The topological polar surface area (TPSA) is 83.6 Å². The number of rotatable bonds is 9. The summed E-state index contributed by atoms with van der Waals surface area (Å²) in [5.74, 6) is 1.30. The SMILES string of the molecule is COc1cccc(O)c1C=Nc1ccccc1SSc1ccccc1N=Cc1c(O)cccc1OC. The van der Waals surface area contributed by atoms with E-state index in [4.69, 9.17) is 9.47 Å². The number of hydrogen-bond acceptors (Lipinski definition) is 8. The second-order valence-electron chi connectivity index (χ2n) is 7.40. The van der Waals surface area contributed by atoms with E-state index in [1.54, 1.807) is 84.6 Å². The number of nitrogens with zero attached hydrogens (tertiary/aromatic N) is 2. The molecule has 4 rings (SSSR count). The summed E-state index contributed by atoms with van der Waals surface area (Å²) in [6.07, 6.45) is 3.21. The van der Waals surface area contributed by atoms with E-state index in [0.29, 0.717) is 22.6 Å². The molecule has 0 unspecified atom stereocenters. The average Bonchev–Trinajstić information content (AvgIpc) is 2.91. The van der Waals surface area contributed by atoms with Crippen molar-refractivity contribution in [3.63, 3.8) is 0 Å². The maximum atomic E-state index is 10.2. The van der Waals surface area contributed by atoms with Crippen LogP contribution in [0.3, 0.4) is 0 Å². The molecule has 0 saturated heterocycles. The standard InChI is InChI=1S/C28H24N2O4S2/c1-33-25-13-7-11-23(31)19(25)17-29-21-9-3-5-15-27(21)35-36-28-16-6-4-10-22(28)30-18-20-24(32)12-8-14-26(20)34-2/h3-18,31-32H,1-2H3. The van der Waals surface area contributed by atoms with E-state index in [1.165, 1.54) is 0 Å². The zero-order valence-corrected chi connectivity index (χ0v) is 21.3. The van der Waals surface area contributed by atoms with Crippen molar-refractivity contribution in [3.05, 3.63) is 96.1 Å². The lowest BCUT2D eigenvalue weighted by molar-refractivity contribution is 0.406. The van der Waals surface area contributed by atoms with E-state index < -0.39 is 0 Å². The minimum Gasteiger partial charge on any atom is -0.507 e. The van der Waals surface area contributed by atoms with E-state index >= 15 is 0 Å². The van der Waals surface area contributed by atoms with E-state index in [1.807, 2.05) is 48.5 Å². The summed E-state index contributed by atoms with van der Waals surface area (Å²) in [6, 6.07) is 25.8. The van der Waals surface area contributed by atoms with Crippen LogP contribution in [0.4, 0.5) is 11.4 Å². The largest absolute Gasteiger partial charge is 0.507 e. The lowest BCUT2D eigenvalue weighted by Crippen LogP contribution is -1.91. The highest BCUT2D eigenvalue weighted by Crippen LogP contribution is 2.45. The predicted octanol–water partition coefficient (Wildman–Crippen LogP) is 7.42. The first-order valence-electron chi connectivity index (χ1n) is 10.9. The third-order valence-electron chi connectivity index (χ3n) is 5.14. The summed E-state index contributed by atoms with van der Waals surface area (Å²) in [7, 11) is 6.23. The molecule has 0 fully saturated rings. The van der Waals surface area contributed by atoms with Crippen molar-refractivity contribution in [3.8, 4) is 23.0 Å². The first kappa shape index (κ1) is 25.2. The lowest BCUT2D eigenvalue weighted by atomic mass is 10.2. The highest BCUT2D eigenvalue weighted by molar-refractivity contribution is 8.76.